The van der Waals surface area contributed by atoms with Crippen LogP contribution < -0.4 is 26.2 Å². The first-order valence-electron chi connectivity index (χ1n) is 22.6. The molecule has 0 N–H and O–H groups in total. The van der Waals surface area contributed by atoms with Gasteiger partial charge in [0.05, 0.1) is 11.1 Å². The van der Waals surface area contributed by atoms with Gasteiger partial charge in [-0.1, -0.05) is 118 Å². The van der Waals surface area contributed by atoms with Gasteiger partial charge in [0.2, 0.25) is 0 Å². The number of rotatable bonds is 0. The van der Waals surface area contributed by atoms with Crippen LogP contribution in [0.3, 0.4) is 0 Å². The fourth-order valence-corrected chi connectivity index (χ4v) is 15.6. The highest BCUT2D eigenvalue weighted by atomic mass is 15.3. The first kappa shape index (κ1) is 34.6. The molecule has 8 unspecified atom stereocenters. The molecule has 3 aromatic rings. The highest BCUT2D eigenvalue weighted by molar-refractivity contribution is 7.00. The molecule has 4 saturated carbocycles. The summed E-state index contributed by atoms with van der Waals surface area (Å²) in [4.78, 5) is 6.04. The molecule has 4 aliphatic heterocycles. The zero-order chi connectivity index (χ0) is 37.7. The lowest BCUT2D eigenvalue weighted by molar-refractivity contribution is 0.0318. The third kappa shape index (κ3) is 3.83. The van der Waals surface area contributed by atoms with Gasteiger partial charge >= 0.3 is 0 Å². The number of benzene rings is 3. The van der Waals surface area contributed by atoms with E-state index < -0.39 is 0 Å². The largest absolute Gasteiger partial charge is 0.335 e. The minimum Gasteiger partial charge on any atom is -0.335 e. The van der Waals surface area contributed by atoms with E-state index in [-0.39, 0.29) is 39.5 Å². The Hall–Kier alpha value is -2.68. The SMILES string of the molecule is Cc1cc2c3c(c1)N1c4c(cc(C(C)(C)C)cc4C4(C)C5CCCCC5CCC14C)B3c1cc(C(C)(C)C)cc3c1N2C1(C)CCC2CCCCC2C31C. The van der Waals surface area contributed by atoms with Crippen LogP contribution in [-0.2, 0) is 21.7 Å². The van der Waals surface area contributed by atoms with Crippen LogP contribution in [0, 0.1) is 30.6 Å². The van der Waals surface area contributed by atoms with Gasteiger partial charge < -0.3 is 9.80 Å². The van der Waals surface area contributed by atoms with E-state index in [0.29, 0.717) is 0 Å². The van der Waals surface area contributed by atoms with Crippen molar-refractivity contribution in [2.45, 2.75) is 186 Å². The molecule has 0 amide bonds. The van der Waals surface area contributed by atoms with Crippen molar-refractivity contribution in [3.8, 4) is 0 Å². The first-order valence-corrected chi connectivity index (χ1v) is 22.6. The summed E-state index contributed by atoms with van der Waals surface area (Å²) in [7, 11) is 0. The summed E-state index contributed by atoms with van der Waals surface area (Å²) < 4.78 is 0. The Morgan fingerprint density at radius 2 is 0.963 bits per heavy atom. The number of nitrogens with zero attached hydrogens (tertiary/aromatic N) is 2. The van der Waals surface area contributed by atoms with E-state index in [1.165, 1.54) is 82.6 Å². The molecule has 3 heteroatoms. The molecule has 2 nitrogen and oxygen atoms in total. The fourth-order valence-electron chi connectivity index (χ4n) is 15.6. The lowest BCUT2D eigenvalue weighted by Crippen LogP contribution is -2.68. The third-order valence-corrected chi connectivity index (χ3v) is 18.8. The van der Waals surface area contributed by atoms with E-state index in [1.807, 2.05) is 0 Å². The summed E-state index contributed by atoms with van der Waals surface area (Å²) in [6.45, 7) is 28.4. The first-order chi connectivity index (χ1) is 25.4. The van der Waals surface area contributed by atoms with Crippen LogP contribution in [0.25, 0.3) is 0 Å². The van der Waals surface area contributed by atoms with Crippen LogP contribution in [0.2, 0.25) is 0 Å². The van der Waals surface area contributed by atoms with Crippen molar-refractivity contribution in [3.05, 3.63) is 64.2 Å². The third-order valence-electron chi connectivity index (χ3n) is 18.8. The van der Waals surface area contributed by atoms with Crippen molar-refractivity contribution in [1.29, 1.82) is 0 Å². The van der Waals surface area contributed by atoms with E-state index in [9.17, 15) is 0 Å². The second-order valence-electron chi connectivity index (χ2n) is 23.1. The average molecular weight is 719 g/mol. The van der Waals surface area contributed by atoms with Gasteiger partial charge in [0.15, 0.2) is 0 Å². The van der Waals surface area contributed by atoms with Crippen LogP contribution in [0.5, 0.6) is 0 Å². The summed E-state index contributed by atoms with van der Waals surface area (Å²) in [5.74, 6) is 3.21. The van der Waals surface area contributed by atoms with E-state index in [2.05, 4.69) is 122 Å². The van der Waals surface area contributed by atoms with Crippen molar-refractivity contribution in [2.24, 2.45) is 23.7 Å². The van der Waals surface area contributed by atoms with Gasteiger partial charge in [0.1, 0.15) is 0 Å². The molecule has 4 heterocycles. The summed E-state index contributed by atoms with van der Waals surface area (Å²) in [5.41, 5.74) is 19.6. The molecule has 0 spiro atoms. The van der Waals surface area contributed by atoms with Crippen LogP contribution in [0.15, 0.2) is 36.4 Å². The second-order valence-corrected chi connectivity index (χ2v) is 23.1. The molecule has 4 fully saturated rings. The van der Waals surface area contributed by atoms with Crippen molar-refractivity contribution in [3.63, 3.8) is 0 Å². The van der Waals surface area contributed by atoms with E-state index in [1.54, 1.807) is 61.4 Å². The van der Waals surface area contributed by atoms with Crippen LogP contribution in [0.1, 0.15) is 174 Å². The number of anilines is 4. The minimum atomic E-state index is 0.0495. The maximum atomic E-state index is 3.02. The minimum absolute atomic E-state index is 0.0495. The second kappa shape index (κ2) is 10.4. The van der Waals surface area contributed by atoms with Gasteiger partial charge in [-0.15, -0.1) is 0 Å². The molecule has 0 aromatic heterocycles. The van der Waals surface area contributed by atoms with Crippen LogP contribution >= 0.6 is 0 Å². The molecule has 11 rings (SSSR count). The Morgan fingerprint density at radius 3 is 1.37 bits per heavy atom. The van der Waals surface area contributed by atoms with Crippen molar-refractivity contribution in [2.75, 3.05) is 9.80 Å². The van der Waals surface area contributed by atoms with Gasteiger partial charge in [0, 0.05) is 33.6 Å². The highest BCUT2D eigenvalue weighted by Gasteiger charge is 2.69. The van der Waals surface area contributed by atoms with Gasteiger partial charge in [0.25, 0.3) is 6.71 Å². The fraction of sp³-hybridized carbons (Fsp3) is 0.647. The van der Waals surface area contributed by atoms with E-state index >= 15 is 0 Å². The Kier molecular flexibility index (Phi) is 6.68. The van der Waals surface area contributed by atoms with Crippen molar-refractivity contribution in [1.82, 2.24) is 0 Å². The Bertz CT molecular complexity index is 2000. The van der Waals surface area contributed by atoms with Crippen molar-refractivity contribution < 1.29 is 0 Å². The number of fused-ring (bicyclic) bond motifs is 14. The summed E-state index contributed by atoms with van der Waals surface area (Å²) in [5, 5.41) is 0. The average Bonchev–Trinajstić information content (AvgIpc) is 3.47. The maximum Gasteiger partial charge on any atom is 0.252 e. The number of hydrogen-bond donors (Lipinski definition) is 0. The molecule has 8 atom stereocenters. The molecular formula is C51H67BN2. The molecule has 0 bridgehead atoms. The van der Waals surface area contributed by atoms with E-state index in [4.69, 9.17) is 0 Å². The molecule has 8 aliphatic rings. The predicted octanol–water partition coefficient (Wildman–Crippen LogP) is 11.3. The highest BCUT2D eigenvalue weighted by Crippen LogP contribution is 2.69. The Labute approximate surface area is 328 Å². The maximum absolute atomic E-state index is 3.02. The predicted molar refractivity (Wildman–Crippen MR) is 231 cm³/mol. The van der Waals surface area contributed by atoms with Gasteiger partial charge in [-0.2, -0.15) is 0 Å². The monoisotopic (exact) mass is 719 g/mol. The van der Waals surface area contributed by atoms with Crippen LogP contribution in [0.4, 0.5) is 22.7 Å². The molecular weight excluding hydrogens is 651 g/mol. The molecule has 3 aromatic carbocycles. The lowest BCUT2D eigenvalue weighted by Gasteiger charge is -2.60. The van der Waals surface area contributed by atoms with E-state index in [0.717, 1.165) is 23.7 Å². The quantitative estimate of drug-likeness (QED) is 0.214. The molecule has 54 heavy (non-hydrogen) atoms. The lowest BCUT2D eigenvalue weighted by atomic mass is 9.33. The normalized spacial score (nSPS) is 36.8. The smallest absolute Gasteiger partial charge is 0.252 e. The van der Waals surface area contributed by atoms with Crippen molar-refractivity contribution >= 4 is 45.9 Å². The summed E-state index contributed by atoms with van der Waals surface area (Å²) in [6.07, 6.45) is 16.6. The van der Waals surface area contributed by atoms with Gasteiger partial charge in [-0.25, -0.2) is 0 Å². The number of hydrogen-bond acceptors (Lipinski definition) is 2. The van der Waals surface area contributed by atoms with Gasteiger partial charge in [-0.05, 0) is 150 Å². The molecule has 0 radical (unpaired) electrons. The van der Waals surface area contributed by atoms with Gasteiger partial charge in [-0.3, -0.25) is 0 Å². The Balaban J connectivity index is 1.27. The molecule has 4 aliphatic carbocycles. The molecule has 0 saturated heterocycles. The number of aryl methyl sites for hydroxylation is 1. The Morgan fingerprint density at radius 1 is 0.556 bits per heavy atom. The zero-order valence-corrected chi connectivity index (χ0v) is 35.7. The zero-order valence-electron chi connectivity index (χ0n) is 35.7. The standard InChI is InChI=1S/C51H67BN2/c1-30-24-41-43-42(25-30)54-45-38(51(11)36-19-15-13-17-32(36)21-23-49(51,54)9)27-34(47(5,6)7)29-40(45)52(43)39-28-33(46(2,3)4)26-37-44(39)53(41)48(8)22-20-31-16-12-14-18-35(31)50(37,48)10/h24-29,31-32,35-36H,12-23H2,1-11H3. The summed E-state index contributed by atoms with van der Waals surface area (Å²) in [6, 6.07) is 16.3. The topological polar surface area (TPSA) is 6.48 Å². The van der Waals surface area contributed by atoms with Crippen LogP contribution in [-0.4, -0.2) is 17.8 Å². The molecule has 284 valence electrons. The summed E-state index contributed by atoms with van der Waals surface area (Å²) >= 11 is 0.